The minimum Gasteiger partial charge on any atom is -0.478 e. The number of rotatable bonds is 7. The molecule has 0 bridgehead atoms. The Kier molecular flexibility index (Phi) is 5.46. The van der Waals surface area contributed by atoms with E-state index in [4.69, 9.17) is 5.11 Å². The lowest BCUT2D eigenvalue weighted by Crippen LogP contribution is -2.07. The number of pyridine rings is 1. The zero-order valence-electron chi connectivity index (χ0n) is 10.5. The molecule has 94 valence electrons. The Morgan fingerprint density at radius 2 is 2.12 bits per heavy atom. The number of unbranched alkanes of at least 4 members (excludes halogenated alkanes) is 2. The van der Waals surface area contributed by atoms with Crippen LogP contribution in [-0.4, -0.2) is 22.6 Å². The Morgan fingerprint density at radius 1 is 1.35 bits per heavy atom. The summed E-state index contributed by atoms with van der Waals surface area (Å²) in [4.78, 5) is 15.3. The van der Waals surface area contributed by atoms with E-state index in [9.17, 15) is 4.79 Å². The van der Waals surface area contributed by atoms with Crippen molar-refractivity contribution < 1.29 is 9.90 Å². The molecule has 0 unspecified atom stereocenters. The third kappa shape index (κ3) is 4.43. The average molecular weight is 236 g/mol. The molecule has 0 aliphatic rings. The monoisotopic (exact) mass is 236 g/mol. The van der Waals surface area contributed by atoms with Gasteiger partial charge in [-0.2, -0.15) is 0 Å². The molecule has 0 amide bonds. The molecule has 4 heteroatoms. The van der Waals surface area contributed by atoms with E-state index >= 15 is 0 Å². The van der Waals surface area contributed by atoms with Gasteiger partial charge in [-0.3, -0.25) is 0 Å². The molecular formula is C13H20N2O2. The number of hydrogen-bond donors (Lipinski definition) is 2. The van der Waals surface area contributed by atoms with E-state index in [0.717, 1.165) is 25.1 Å². The summed E-state index contributed by atoms with van der Waals surface area (Å²) in [5.74, 6) is -0.239. The van der Waals surface area contributed by atoms with E-state index in [0.29, 0.717) is 11.4 Å². The topological polar surface area (TPSA) is 62.2 Å². The SMILES string of the molecule is CCCCCNc1cc(C(=O)O)cc(CC)n1. The van der Waals surface area contributed by atoms with Gasteiger partial charge in [-0.05, 0) is 25.0 Å². The van der Waals surface area contributed by atoms with Gasteiger partial charge in [0.25, 0.3) is 0 Å². The maximum Gasteiger partial charge on any atom is 0.335 e. The largest absolute Gasteiger partial charge is 0.478 e. The number of aromatic carboxylic acids is 1. The van der Waals surface area contributed by atoms with Gasteiger partial charge in [0.05, 0.1) is 5.56 Å². The first-order valence-electron chi connectivity index (χ1n) is 6.15. The second-order valence-corrected chi connectivity index (χ2v) is 4.02. The van der Waals surface area contributed by atoms with Crippen molar-refractivity contribution >= 4 is 11.8 Å². The zero-order valence-corrected chi connectivity index (χ0v) is 10.5. The molecule has 2 N–H and O–H groups in total. The lowest BCUT2D eigenvalue weighted by atomic mass is 10.2. The van der Waals surface area contributed by atoms with Crippen LogP contribution in [0.5, 0.6) is 0 Å². The maximum atomic E-state index is 10.9. The first-order valence-corrected chi connectivity index (χ1v) is 6.15. The summed E-state index contributed by atoms with van der Waals surface area (Å²) in [7, 11) is 0. The van der Waals surface area contributed by atoms with Crippen LogP contribution in [0.1, 0.15) is 49.2 Å². The molecule has 1 aromatic rings. The molecule has 0 saturated heterocycles. The number of carboxylic acid groups (broad SMARTS) is 1. The third-order valence-corrected chi connectivity index (χ3v) is 2.57. The van der Waals surface area contributed by atoms with Gasteiger partial charge in [0.15, 0.2) is 0 Å². The number of carbonyl (C=O) groups is 1. The van der Waals surface area contributed by atoms with Crippen molar-refractivity contribution in [2.24, 2.45) is 0 Å². The predicted octanol–water partition coefficient (Wildman–Crippen LogP) is 2.94. The van der Waals surface area contributed by atoms with Crippen molar-refractivity contribution in [2.75, 3.05) is 11.9 Å². The lowest BCUT2D eigenvalue weighted by molar-refractivity contribution is 0.0696. The van der Waals surface area contributed by atoms with Crippen LogP contribution in [0.3, 0.4) is 0 Å². The third-order valence-electron chi connectivity index (χ3n) is 2.57. The van der Waals surface area contributed by atoms with E-state index in [1.54, 1.807) is 12.1 Å². The Balaban J connectivity index is 2.70. The molecule has 0 aliphatic carbocycles. The number of aryl methyl sites for hydroxylation is 1. The molecule has 17 heavy (non-hydrogen) atoms. The van der Waals surface area contributed by atoms with Crippen LogP contribution in [0.15, 0.2) is 12.1 Å². The predicted molar refractivity (Wildman–Crippen MR) is 68.6 cm³/mol. The van der Waals surface area contributed by atoms with E-state index in [1.165, 1.54) is 12.8 Å². The molecule has 0 aliphatic heterocycles. The lowest BCUT2D eigenvalue weighted by Gasteiger charge is -2.08. The number of aromatic nitrogens is 1. The highest BCUT2D eigenvalue weighted by Crippen LogP contribution is 2.11. The highest BCUT2D eigenvalue weighted by molar-refractivity contribution is 5.88. The van der Waals surface area contributed by atoms with Crippen molar-refractivity contribution in [3.63, 3.8) is 0 Å². The van der Waals surface area contributed by atoms with Crippen molar-refractivity contribution in [2.45, 2.75) is 39.5 Å². The first kappa shape index (κ1) is 13.5. The fourth-order valence-electron chi connectivity index (χ4n) is 1.57. The number of nitrogens with zero attached hydrogens (tertiary/aromatic N) is 1. The van der Waals surface area contributed by atoms with Gasteiger partial charge < -0.3 is 10.4 Å². The van der Waals surface area contributed by atoms with E-state index in [2.05, 4.69) is 17.2 Å². The highest BCUT2D eigenvalue weighted by atomic mass is 16.4. The molecule has 1 heterocycles. The summed E-state index contributed by atoms with van der Waals surface area (Å²) >= 11 is 0. The van der Waals surface area contributed by atoms with Crippen LogP contribution in [0, 0.1) is 0 Å². The molecule has 0 fully saturated rings. The minimum absolute atomic E-state index is 0.301. The van der Waals surface area contributed by atoms with Gasteiger partial charge in [-0.15, -0.1) is 0 Å². The number of hydrogen-bond acceptors (Lipinski definition) is 3. The van der Waals surface area contributed by atoms with Crippen LogP contribution < -0.4 is 5.32 Å². The van der Waals surface area contributed by atoms with Crippen LogP contribution in [0.2, 0.25) is 0 Å². The smallest absolute Gasteiger partial charge is 0.335 e. The van der Waals surface area contributed by atoms with Crippen molar-refractivity contribution in [3.8, 4) is 0 Å². The fraction of sp³-hybridized carbons (Fsp3) is 0.538. The van der Waals surface area contributed by atoms with Gasteiger partial charge in [0.1, 0.15) is 5.82 Å². The highest BCUT2D eigenvalue weighted by Gasteiger charge is 2.07. The van der Waals surface area contributed by atoms with Crippen molar-refractivity contribution in [3.05, 3.63) is 23.4 Å². The van der Waals surface area contributed by atoms with Crippen molar-refractivity contribution in [1.29, 1.82) is 0 Å². The molecule has 0 atom stereocenters. The van der Waals surface area contributed by atoms with Crippen LogP contribution in [-0.2, 0) is 6.42 Å². The minimum atomic E-state index is -0.904. The Bertz CT molecular complexity index is 378. The normalized spacial score (nSPS) is 10.2. The quantitative estimate of drug-likeness (QED) is 0.714. The number of carboxylic acids is 1. The van der Waals surface area contributed by atoms with Gasteiger partial charge in [-0.25, -0.2) is 9.78 Å². The number of nitrogens with one attached hydrogen (secondary N) is 1. The molecular weight excluding hydrogens is 216 g/mol. The molecule has 4 nitrogen and oxygen atoms in total. The fourth-order valence-corrected chi connectivity index (χ4v) is 1.57. The first-order chi connectivity index (χ1) is 8.17. The van der Waals surface area contributed by atoms with Gasteiger partial charge in [-0.1, -0.05) is 26.7 Å². The summed E-state index contributed by atoms with van der Waals surface area (Å²) in [6.45, 7) is 4.96. The summed E-state index contributed by atoms with van der Waals surface area (Å²) in [5.41, 5.74) is 1.11. The summed E-state index contributed by atoms with van der Waals surface area (Å²) in [6, 6.07) is 3.22. The summed E-state index contributed by atoms with van der Waals surface area (Å²) in [6.07, 6.45) is 4.17. The Labute approximate surface area is 102 Å². The molecule has 0 spiro atoms. The Morgan fingerprint density at radius 3 is 2.71 bits per heavy atom. The van der Waals surface area contributed by atoms with Crippen LogP contribution in [0.25, 0.3) is 0 Å². The average Bonchev–Trinajstić information content (AvgIpc) is 2.34. The molecule has 1 aromatic heterocycles. The summed E-state index contributed by atoms with van der Waals surface area (Å²) < 4.78 is 0. The second kappa shape index (κ2) is 6.89. The second-order valence-electron chi connectivity index (χ2n) is 4.02. The maximum absolute atomic E-state index is 10.9. The zero-order chi connectivity index (χ0) is 12.7. The van der Waals surface area contributed by atoms with Gasteiger partial charge >= 0.3 is 5.97 Å². The molecule has 0 saturated carbocycles. The van der Waals surface area contributed by atoms with E-state index < -0.39 is 5.97 Å². The van der Waals surface area contributed by atoms with Crippen LogP contribution >= 0.6 is 0 Å². The van der Waals surface area contributed by atoms with E-state index in [-0.39, 0.29) is 0 Å². The van der Waals surface area contributed by atoms with Gasteiger partial charge in [0, 0.05) is 12.2 Å². The molecule has 0 aromatic carbocycles. The number of anilines is 1. The summed E-state index contributed by atoms with van der Waals surface area (Å²) in [5, 5.41) is 12.2. The molecule has 1 rings (SSSR count). The van der Waals surface area contributed by atoms with Crippen LogP contribution in [0.4, 0.5) is 5.82 Å². The van der Waals surface area contributed by atoms with Gasteiger partial charge in [0.2, 0.25) is 0 Å². The molecule has 0 radical (unpaired) electrons. The van der Waals surface area contributed by atoms with Crippen molar-refractivity contribution in [1.82, 2.24) is 4.98 Å². The van der Waals surface area contributed by atoms with E-state index in [1.807, 2.05) is 6.92 Å². The standard InChI is InChI=1S/C13H20N2O2/c1-3-5-6-7-14-12-9-10(13(16)17)8-11(4-2)15-12/h8-9H,3-7H2,1-2H3,(H,14,15)(H,16,17). The Hall–Kier alpha value is -1.58.